The molecular weight excluding hydrogens is 428 g/mol. The van der Waals surface area contributed by atoms with E-state index in [0.717, 1.165) is 5.56 Å². The van der Waals surface area contributed by atoms with Crippen LogP contribution in [0.15, 0.2) is 88.9 Å². The first-order chi connectivity index (χ1) is 15.3. The Balaban J connectivity index is 1.46. The molecule has 2 aromatic rings. The maximum atomic E-state index is 13.1. The minimum Gasteiger partial charge on any atom is -0.324 e. The quantitative estimate of drug-likeness (QED) is 0.703. The van der Waals surface area contributed by atoms with Gasteiger partial charge in [0.15, 0.2) is 0 Å². The van der Waals surface area contributed by atoms with Gasteiger partial charge < -0.3 is 10.2 Å². The Morgan fingerprint density at radius 3 is 2.53 bits per heavy atom. The van der Waals surface area contributed by atoms with Gasteiger partial charge in [0.05, 0.1) is 11.3 Å². The van der Waals surface area contributed by atoms with Gasteiger partial charge >= 0.3 is 0 Å². The number of carbonyl (C=O) groups is 2. The van der Waals surface area contributed by atoms with Crippen LogP contribution in [0, 0.1) is 0 Å². The van der Waals surface area contributed by atoms with Crippen molar-refractivity contribution in [1.29, 1.82) is 0 Å². The Labute approximate surface area is 186 Å². The first-order valence-corrected chi connectivity index (χ1v) is 11.5. The molecule has 0 aromatic heterocycles. The minimum absolute atomic E-state index is 0.0730. The van der Waals surface area contributed by atoms with Crippen molar-refractivity contribution in [3.05, 3.63) is 84.6 Å². The summed E-state index contributed by atoms with van der Waals surface area (Å²) in [5.41, 5.74) is 0.114. The van der Waals surface area contributed by atoms with Crippen molar-refractivity contribution in [3.63, 3.8) is 0 Å². The fourth-order valence-corrected chi connectivity index (χ4v) is 4.54. The highest BCUT2D eigenvalue weighted by atomic mass is 32.2. The van der Waals surface area contributed by atoms with Crippen molar-refractivity contribution in [2.45, 2.75) is 30.3 Å². The van der Waals surface area contributed by atoms with E-state index in [4.69, 9.17) is 0 Å². The molecule has 0 saturated heterocycles. The lowest BCUT2D eigenvalue weighted by Crippen LogP contribution is -2.58. The summed E-state index contributed by atoms with van der Waals surface area (Å²) in [5.74, 6) is -0.358. The van der Waals surface area contributed by atoms with Crippen LogP contribution < -0.4 is 10.0 Å². The predicted octanol–water partition coefficient (Wildman–Crippen LogP) is 2.58. The largest absolute Gasteiger partial charge is 0.324 e. The maximum Gasteiger partial charge on any atom is 0.250 e. The van der Waals surface area contributed by atoms with Gasteiger partial charge in [0.25, 0.3) is 11.8 Å². The molecule has 2 amide bonds. The number of benzene rings is 2. The molecule has 0 radical (unpaired) electrons. The molecule has 2 aliphatic heterocycles. The van der Waals surface area contributed by atoms with Gasteiger partial charge in [-0.15, -0.1) is 0 Å². The molecule has 9 heteroatoms. The van der Waals surface area contributed by atoms with Crippen LogP contribution in [0.2, 0.25) is 0 Å². The normalized spacial score (nSPS) is 20.0. The Hall–Kier alpha value is -3.56. The number of amides is 2. The van der Waals surface area contributed by atoms with E-state index >= 15 is 0 Å². The van der Waals surface area contributed by atoms with Gasteiger partial charge in [0, 0.05) is 18.4 Å². The molecule has 0 bridgehead atoms. The number of carbonyl (C=O) groups excluding carboxylic acids is 2. The summed E-state index contributed by atoms with van der Waals surface area (Å²) >= 11 is 0. The molecule has 2 heterocycles. The van der Waals surface area contributed by atoms with Gasteiger partial charge in [-0.1, -0.05) is 36.4 Å². The number of sulfonamides is 1. The molecular formula is C23H22N4O4S. The first-order valence-electron chi connectivity index (χ1n) is 9.99. The van der Waals surface area contributed by atoms with Gasteiger partial charge in [-0.25, -0.2) is 13.1 Å². The highest BCUT2D eigenvalue weighted by molar-refractivity contribution is 7.89. The van der Waals surface area contributed by atoms with Crippen LogP contribution in [-0.4, -0.2) is 36.5 Å². The summed E-state index contributed by atoms with van der Waals surface area (Å²) in [4.78, 5) is 30.9. The predicted molar refractivity (Wildman–Crippen MR) is 121 cm³/mol. The van der Waals surface area contributed by atoms with E-state index in [1.54, 1.807) is 36.3 Å². The number of allylic oxidation sites excluding steroid dienone is 2. The summed E-state index contributed by atoms with van der Waals surface area (Å²) in [6.45, 7) is 1.85. The fourth-order valence-electron chi connectivity index (χ4n) is 3.52. The standard InChI is InChI=1S/C23H22N4O4S/c1-23(15-21(28)26-20-9-5-6-14-27(20)23)22(29)25-18-10-12-19(13-11-18)32(30,31)24-16-17-7-3-2-4-8-17/h2-14,24H,15-16H2,1H3,(H,25,29). The highest BCUT2D eigenvalue weighted by Gasteiger charge is 2.45. The van der Waals surface area contributed by atoms with Crippen LogP contribution in [0.3, 0.4) is 0 Å². The Kier molecular flexibility index (Phi) is 5.77. The number of nitrogens with zero attached hydrogens (tertiary/aromatic N) is 2. The highest BCUT2D eigenvalue weighted by Crippen LogP contribution is 2.29. The molecule has 32 heavy (non-hydrogen) atoms. The lowest BCUT2D eigenvalue weighted by molar-refractivity contribution is -0.130. The molecule has 164 valence electrons. The number of fused-ring (bicyclic) bond motifs is 1. The number of hydrogen-bond donors (Lipinski definition) is 2. The second-order valence-corrected chi connectivity index (χ2v) is 9.44. The van der Waals surface area contributed by atoms with E-state index in [1.807, 2.05) is 30.3 Å². The minimum atomic E-state index is -3.71. The van der Waals surface area contributed by atoms with Crippen molar-refractivity contribution in [2.24, 2.45) is 4.99 Å². The van der Waals surface area contributed by atoms with E-state index in [1.165, 1.54) is 24.3 Å². The number of rotatable bonds is 6. The molecule has 8 nitrogen and oxygen atoms in total. The second kappa shape index (κ2) is 8.52. The monoisotopic (exact) mass is 450 g/mol. The summed E-state index contributed by atoms with van der Waals surface area (Å²) in [7, 11) is -3.71. The number of anilines is 1. The maximum absolute atomic E-state index is 13.1. The van der Waals surface area contributed by atoms with Crippen molar-refractivity contribution < 1.29 is 18.0 Å². The van der Waals surface area contributed by atoms with Crippen molar-refractivity contribution in [3.8, 4) is 0 Å². The lowest BCUT2D eigenvalue weighted by atomic mass is 9.91. The molecule has 1 unspecified atom stereocenters. The lowest BCUT2D eigenvalue weighted by Gasteiger charge is -2.41. The Bertz CT molecular complexity index is 1230. The fraction of sp³-hybridized carbons (Fsp3) is 0.174. The van der Waals surface area contributed by atoms with E-state index in [0.29, 0.717) is 11.5 Å². The molecule has 0 saturated carbocycles. The van der Waals surface area contributed by atoms with Crippen LogP contribution in [0.5, 0.6) is 0 Å². The summed E-state index contributed by atoms with van der Waals surface area (Å²) in [5, 5.41) is 2.78. The molecule has 2 aliphatic rings. The Morgan fingerprint density at radius 2 is 1.81 bits per heavy atom. The second-order valence-electron chi connectivity index (χ2n) is 7.67. The SMILES string of the molecule is CC1(C(=O)Nc2ccc(S(=O)(=O)NCc3ccccc3)cc2)CC(=O)N=C2C=CC=CN21. The summed E-state index contributed by atoms with van der Waals surface area (Å²) < 4.78 is 27.7. The molecule has 1 atom stereocenters. The first kappa shape index (κ1) is 21.7. The van der Waals surface area contributed by atoms with E-state index in [2.05, 4.69) is 15.0 Å². The average Bonchev–Trinajstić information content (AvgIpc) is 2.79. The zero-order valence-corrected chi connectivity index (χ0v) is 18.2. The van der Waals surface area contributed by atoms with Crippen LogP contribution in [-0.2, 0) is 26.2 Å². The molecule has 2 aromatic carbocycles. The third-order valence-electron chi connectivity index (χ3n) is 5.33. The molecule has 0 fully saturated rings. The molecule has 0 spiro atoms. The van der Waals surface area contributed by atoms with Gasteiger partial charge in [0.1, 0.15) is 11.4 Å². The number of amidine groups is 1. The number of nitrogens with one attached hydrogen (secondary N) is 2. The summed E-state index contributed by atoms with van der Waals surface area (Å²) in [6.07, 6.45) is 6.82. The molecule has 0 aliphatic carbocycles. The van der Waals surface area contributed by atoms with Crippen LogP contribution >= 0.6 is 0 Å². The topological polar surface area (TPSA) is 108 Å². The Morgan fingerprint density at radius 1 is 1.09 bits per heavy atom. The third-order valence-corrected chi connectivity index (χ3v) is 6.74. The van der Waals surface area contributed by atoms with E-state index in [-0.39, 0.29) is 23.8 Å². The zero-order chi connectivity index (χ0) is 22.8. The van der Waals surface area contributed by atoms with E-state index in [9.17, 15) is 18.0 Å². The smallest absolute Gasteiger partial charge is 0.250 e. The molecule has 4 rings (SSSR count). The zero-order valence-electron chi connectivity index (χ0n) is 17.4. The van der Waals surface area contributed by atoms with Gasteiger partial charge in [-0.2, -0.15) is 4.99 Å². The summed E-state index contributed by atoms with van der Waals surface area (Å²) in [6, 6.07) is 15.1. The van der Waals surface area contributed by atoms with Crippen LogP contribution in [0.1, 0.15) is 18.9 Å². The van der Waals surface area contributed by atoms with Gasteiger partial charge in [0.2, 0.25) is 10.0 Å². The molecule has 2 N–H and O–H groups in total. The number of aliphatic imine (C=N–C) groups is 1. The van der Waals surface area contributed by atoms with Crippen molar-refractivity contribution >= 4 is 33.4 Å². The van der Waals surface area contributed by atoms with Gasteiger partial charge in [-0.3, -0.25) is 9.59 Å². The third kappa shape index (κ3) is 4.39. The van der Waals surface area contributed by atoms with Crippen molar-refractivity contribution in [1.82, 2.24) is 9.62 Å². The average molecular weight is 451 g/mol. The van der Waals surface area contributed by atoms with Crippen molar-refractivity contribution in [2.75, 3.05) is 5.32 Å². The van der Waals surface area contributed by atoms with E-state index < -0.39 is 21.5 Å². The van der Waals surface area contributed by atoms with Gasteiger partial charge in [-0.05, 0) is 48.9 Å². The van der Waals surface area contributed by atoms with Crippen LogP contribution in [0.4, 0.5) is 5.69 Å². The van der Waals surface area contributed by atoms with Crippen LogP contribution in [0.25, 0.3) is 0 Å². The number of hydrogen-bond acceptors (Lipinski definition) is 5.